The summed E-state index contributed by atoms with van der Waals surface area (Å²) in [5, 5.41) is 0. The number of carbonyl (C=O) groups is 1. The Balaban J connectivity index is 1.33. The monoisotopic (exact) mass is 342 g/mol. The van der Waals surface area contributed by atoms with Gasteiger partial charge in [-0.25, -0.2) is 0 Å². The summed E-state index contributed by atoms with van der Waals surface area (Å²) in [7, 11) is 0. The molecule has 4 heteroatoms. The number of hydroxylamine groups is 3. The van der Waals surface area contributed by atoms with Gasteiger partial charge in [-0.15, -0.1) is 0 Å². The minimum Gasteiger partial charge on any atom is -0.461 e. The van der Waals surface area contributed by atoms with E-state index < -0.39 is 0 Å². The van der Waals surface area contributed by atoms with Crippen LogP contribution in [0.25, 0.3) is 0 Å². The molecule has 1 aromatic carbocycles. The van der Waals surface area contributed by atoms with Crippen molar-refractivity contribution in [2.45, 2.75) is 69.1 Å². The number of fused-ring (bicyclic) bond motifs is 1. The molecule has 1 aliphatic carbocycles. The number of rotatable bonds is 3. The van der Waals surface area contributed by atoms with Gasteiger partial charge in [0.1, 0.15) is 37.3 Å². The van der Waals surface area contributed by atoms with E-state index >= 15 is 0 Å². The molecular weight excluding hydrogens is 314 g/mol. The van der Waals surface area contributed by atoms with Gasteiger partial charge in [-0.1, -0.05) is 36.8 Å². The summed E-state index contributed by atoms with van der Waals surface area (Å²) in [6, 6.07) is 10.9. The lowest BCUT2D eigenvalue weighted by Crippen LogP contribution is -2.50. The fourth-order valence-corrected chi connectivity index (χ4v) is 5.92. The number of esters is 1. The Morgan fingerprint density at radius 1 is 1.00 bits per heavy atom. The minimum absolute atomic E-state index is 0.0180. The Hall–Kier alpha value is -1.39. The maximum Gasteiger partial charge on any atom is 0.318 e. The molecule has 5 rings (SSSR count). The number of hydrogen-bond donors (Lipinski definition) is 0. The van der Waals surface area contributed by atoms with Crippen molar-refractivity contribution in [3.63, 3.8) is 0 Å². The SMILES string of the molecule is O=C(O[C@@H]1CCCC[C@H]1c1ccccc1)[C@H]1[C@@H]2CC[N+]3(CCC[C@@H]13)O2. The van der Waals surface area contributed by atoms with Gasteiger partial charge >= 0.3 is 5.97 Å². The van der Waals surface area contributed by atoms with E-state index in [1.165, 1.54) is 18.4 Å². The largest absolute Gasteiger partial charge is 0.461 e. The summed E-state index contributed by atoms with van der Waals surface area (Å²) in [5.41, 5.74) is 1.32. The van der Waals surface area contributed by atoms with Gasteiger partial charge < -0.3 is 4.74 Å². The van der Waals surface area contributed by atoms with Crippen LogP contribution in [0.15, 0.2) is 30.3 Å². The Bertz CT molecular complexity index is 644. The van der Waals surface area contributed by atoms with Crippen LogP contribution in [0.1, 0.15) is 56.4 Å². The molecule has 3 heterocycles. The van der Waals surface area contributed by atoms with Gasteiger partial charge in [0.2, 0.25) is 0 Å². The molecule has 4 aliphatic rings. The lowest BCUT2D eigenvalue weighted by molar-refractivity contribution is -1.09. The van der Waals surface area contributed by atoms with E-state index in [0.29, 0.717) is 12.0 Å². The molecule has 3 aliphatic heterocycles. The van der Waals surface area contributed by atoms with Crippen molar-refractivity contribution in [1.82, 2.24) is 0 Å². The molecule has 3 saturated heterocycles. The van der Waals surface area contributed by atoms with Crippen molar-refractivity contribution >= 4 is 5.97 Å². The molecule has 4 nitrogen and oxygen atoms in total. The molecule has 0 amide bonds. The zero-order valence-corrected chi connectivity index (χ0v) is 14.8. The van der Waals surface area contributed by atoms with E-state index in [-0.39, 0.29) is 24.1 Å². The van der Waals surface area contributed by atoms with Crippen LogP contribution in [-0.4, -0.2) is 42.0 Å². The molecule has 1 aromatic rings. The molecule has 1 unspecified atom stereocenters. The van der Waals surface area contributed by atoms with E-state index in [0.717, 1.165) is 49.8 Å². The first-order chi connectivity index (χ1) is 12.3. The standard InChI is InChI=1S/C21H28NO3/c23-21(20-17-10-6-13-22(17)14-12-19(20)25-22)24-18-11-5-4-9-16(18)15-7-2-1-3-8-15/h1-3,7-8,16-20H,4-6,9-14H2/q+1/t16-,17-,18+,19-,20+,22?/m0/s1. The van der Waals surface area contributed by atoms with Crippen molar-refractivity contribution in [2.75, 3.05) is 13.1 Å². The van der Waals surface area contributed by atoms with Crippen LogP contribution in [-0.2, 0) is 14.4 Å². The molecule has 2 bridgehead atoms. The summed E-state index contributed by atoms with van der Waals surface area (Å²) in [4.78, 5) is 19.4. The Kier molecular flexibility index (Phi) is 3.86. The van der Waals surface area contributed by atoms with Gasteiger partial charge in [0.05, 0.1) is 0 Å². The van der Waals surface area contributed by atoms with E-state index in [1.54, 1.807) is 0 Å². The second kappa shape index (κ2) is 6.10. The Morgan fingerprint density at radius 2 is 1.84 bits per heavy atom. The number of carbonyl (C=O) groups excluding carboxylic acids is 1. The van der Waals surface area contributed by atoms with Crippen molar-refractivity contribution in [3.8, 4) is 0 Å². The summed E-state index contributed by atoms with van der Waals surface area (Å²) < 4.78 is 6.92. The molecule has 0 radical (unpaired) electrons. The zero-order valence-electron chi connectivity index (χ0n) is 14.8. The van der Waals surface area contributed by atoms with Gasteiger partial charge in [0.15, 0.2) is 0 Å². The topological polar surface area (TPSA) is 35.5 Å². The predicted octanol–water partition coefficient (Wildman–Crippen LogP) is 3.57. The maximum atomic E-state index is 13.1. The number of quaternary nitrogens is 1. The quantitative estimate of drug-likeness (QED) is 0.622. The van der Waals surface area contributed by atoms with Crippen molar-refractivity contribution in [2.24, 2.45) is 5.92 Å². The summed E-state index contributed by atoms with van der Waals surface area (Å²) in [6.07, 6.45) is 7.94. The smallest absolute Gasteiger partial charge is 0.318 e. The normalized spacial score (nSPS) is 42.3. The molecule has 4 fully saturated rings. The molecule has 0 aromatic heterocycles. The number of nitrogens with zero attached hydrogens (tertiary/aromatic N) is 1. The van der Waals surface area contributed by atoms with Crippen molar-refractivity contribution < 1.29 is 19.0 Å². The average molecular weight is 342 g/mol. The van der Waals surface area contributed by atoms with Gasteiger partial charge in [-0.05, 0) is 24.8 Å². The second-order valence-electron chi connectivity index (χ2n) is 8.34. The first-order valence-electron chi connectivity index (χ1n) is 10.1. The molecule has 1 saturated carbocycles. The highest BCUT2D eigenvalue weighted by Gasteiger charge is 2.66. The fourth-order valence-electron chi connectivity index (χ4n) is 5.92. The van der Waals surface area contributed by atoms with E-state index in [2.05, 4.69) is 30.3 Å². The van der Waals surface area contributed by atoms with Crippen LogP contribution in [0.4, 0.5) is 0 Å². The van der Waals surface area contributed by atoms with Crippen LogP contribution in [0.5, 0.6) is 0 Å². The van der Waals surface area contributed by atoms with Crippen LogP contribution < -0.4 is 0 Å². The maximum absolute atomic E-state index is 13.1. The Morgan fingerprint density at radius 3 is 2.72 bits per heavy atom. The van der Waals surface area contributed by atoms with Gasteiger partial charge in [-0.2, -0.15) is 9.48 Å². The molecule has 6 atom stereocenters. The third-order valence-corrected chi connectivity index (χ3v) is 7.06. The Labute approximate surface area is 149 Å². The number of piperidine rings is 1. The first kappa shape index (κ1) is 15.8. The van der Waals surface area contributed by atoms with Crippen molar-refractivity contribution in [3.05, 3.63) is 35.9 Å². The average Bonchev–Trinajstić information content (AvgIpc) is 3.32. The predicted molar refractivity (Wildman–Crippen MR) is 93.5 cm³/mol. The van der Waals surface area contributed by atoms with E-state index in [4.69, 9.17) is 9.57 Å². The van der Waals surface area contributed by atoms with Crippen LogP contribution in [0, 0.1) is 5.92 Å². The third-order valence-electron chi connectivity index (χ3n) is 7.06. The van der Waals surface area contributed by atoms with Gasteiger partial charge in [0.25, 0.3) is 0 Å². The molecule has 134 valence electrons. The molecule has 0 N–H and O–H groups in total. The fraction of sp³-hybridized carbons (Fsp3) is 0.667. The lowest BCUT2D eigenvalue weighted by Gasteiger charge is -2.34. The first-order valence-corrected chi connectivity index (χ1v) is 10.1. The van der Waals surface area contributed by atoms with Gasteiger partial charge in [0, 0.05) is 25.2 Å². The highest BCUT2D eigenvalue weighted by Crippen LogP contribution is 2.49. The van der Waals surface area contributed by atoms with E-state index in [9.17, 15) is 4.79 Å². The van der Waals surface area contributed by atoms with Crippen LogP contribution in [0.2, 0.25) is 0 Å². The van der Waals surface area contributed by atoms with Crippen LogP contribution >= 0.6 is 0 Å². The molecule has 1 spiro atoms. The zero-order chi connectivity index (χ0) is 16.9. The summed E-state index contributed by atoms with van der Waals surface area (Å²) >= 11 is 0. The minimum atomic E-state index is -0.0328. The summed E-state index contributed by atoms with van der Waals surface area (Å²) in [5.74, 6) is 0.337. The van der Waals surface area contributed by atoms with E-state index in [1.807, 2.05) is 0 Å². The number of benzene rings is 1. The number of hydrogen-bond acceptors (Lipinski definition) is 3. The summed E-state index contributed by atoms with van der Waals surface area (Å²) in [6.45, 7) is 2.18. The second-order valence-corrected chi connectivity index (χ2v) is 8.34. The van der Waals surface area contributed by atoms with Crippen LogP contribution in [0.3, 0.4) is 0 Å². The third kappa shape index (κ3) is 2.53. The molecule has 25 heavy (non-hydrogen) atoms. The number of ether oxygens (including phenoxy) is 1. The highest BCUT2D eigenvalue weighted by molar-refractivity contribution is 5.74. The molecular formula is C21H28NO3+. The van der Waals surface area contributed by atoms with Gasteiger partial charge in [-0.3, -0.25) is 4.79 Å². The van der Waals surface area contributed by atoms with Crippen molar-refractivity contribution in [1.29, 1.82) is 0 Å². The lowest BCUT2D eigenvalue weighted by atomic mass is 9.81. The highest BCUT2D eigenvalue weighted by atomic mass is 16.7.